The monoisotopic (exact) mass is 1210 g/mol. The van der Waals surface area contributed by atoms with Crippen molar-refractivity contribution >= 4 is 11.9 Å². The van der Waals surface area contributed by atoms with Crippen molar-refractivity contribution < 1.29 is 24.5 Å². The first-order chi connectivity index (χ1) is 42.5. The molecule has 3 N–H and O–H groups in total. The summed E-state index contributed by atoms with van der Waals surface area (Å²) in [6.45, 7) is 4.96. The number of amides is 1. The van der Waals surface area contributed by atoms with E-state index in [-0.39, 0.29) is 18.5 Å². The zero-order valence-corrected chi connectivity index (χ0v) is 58.1. The molecule has 1 amide bonds. The molecule has 0 radical (unpaired) electrons. The molecule has 0 aromatic heterocycles. The number of hydrogen-bond acceptors (Lipinski definition) is 5. The van der Waals surface area contributed by atoms with Gasteiger partial charge in [0.15, 0.2) is 0 Å². The van der Waals surface area contributed by atoms with Gasteiger partial charge in [-0.2, -0.15) is 0 Å². The molecule has 0 aromatic carbocycles. The predicted octanol–water partition coefficient (Wildman–Crippen LogP) is 25.6. The maximum atomic E-state index is 12.5. The minimum Gasteiger partial charge on any atom is -0.466 e. The number of allylic oxidation sites excluding steroid dienone is 8. The van der Waals surface area contributed by atoms with E-state index in [1.807, 2.05) is 0 Å². The summed E-state index contributed by atoms with van der Waals surface area (Å²) in [5.74, 6) is -0.0237. The van der Waals surface area contributed by atoms with Crippen molar-refractivity contribution in [2.45, 2.75) is 437 Å². The van der Waals surface area contributed by atoms with Crippen LogP contribution < -0.4 is 5.32 Å². The van der Waals surface area contributed by atoms with Crippen LogP contribution >= 0.6 is 0 Å². The highest BCUT2D eigenvalue weighted by atomic mass is 16.5. The van der Waals surface area contributed by atoms with Crippen LogP contribution in [-0.2, 0) is 14.3 Å². The summed E-state index contributed by atoms with van der Waals surface area (Å²) in [5, 5.41) is 23.4. The van der Waals surface area contributed by atoms with Crippen molar-refractivity contribution in [2.24, 2.45) is 0 Å². The number of ether oxygens (including phenoxy) is 1. The van der Waals surface area contributed by atoms with E-state index in [0.717, 1.165) is 57.8 Å². The molecule has 2 atom stereocenters. The Labute approximate surface area is 537 Å². The topological polar surface area (TPSA) is 95.9 Å². The molecule has 2 unspecified atom stereocenters. The average Bonchev–Trinajstić information content (AvgIpc) is 3.59. The predicted molar refractivity (Wildman–Crippen MR) is 379 cm³/mol. The Bertz CT molecular complexity index is 1440. The summed E-state index contributed by atoms with van der Waals surface area (Å²) in [5.41, 5.74) is 0. The molecule has 86 heavy (non-hydrogen) atoms. The number of hydrogen-bond donors (Lipinski definition) is 3. The third-order valence-electron chi connectivity index (χ3n) is 18.1. The lowest BCUT2D eigenvalue weighted by atomic mass is 10.0. The van der Waals surface area contributed by atoms with E-state index in [1.54, 1.807) is 0 Å². The van der Waals surface area contributed by atoms with Gasteiger partial charge in [-0.15, -0.1) is 0 Å². The van der Waals surface area contributed by atoms with Gasteiger partial charge in [-0.25, -0.2) is 0 Å². The Morgan fingerprint density at radius 2 is 0.581 bits per heavy atom. The lowest BCUT2D eigenvalue weighted by Gasteiger charge is -2.22. The van der Waals surface area contributed by atoms with Gasteiger partial charge in [0.25, 0.3) is 0 Å². The van der Waals surface area contributed by atoms with Crippen molar-refractivity contribution in [1.82, 2.24) is 5.32 Å². The van der Waals surface area contributed by atoms with Crippen LogP contribution in [0.2, 0.25) is 0 Å². The number of nitrogens with one attached hydrogen (secondary N) is 1. The number of aliphatic hydroxyl groups is 2. The van der Waals surface area contributed by atoms with E-state index in [1.165, 1.54) is 334 Å². The molecule has 0 fully saturated rings. The van der Waals surface area contributed by atoms with Crippen LogP contribution in [0.5, 0.6) is 0 Å². The third kappa shape index (κ3) is 70.9. The van der Waals surface area contributed by atoms with Gasteiger partial charge in [0.1, 0.15) is 0 Å². The maximum Gasteiger partial charge on any atom is 0.305 e. The van der Waals surface area contributed by atoms with E-state index in [4.69, 9.17) is 4.74 Å². The first-order valence-corrected chi connectivity index (χ1v) is 38.9. The Morgan fingerprint density at radius 1 is 0.326 bits per heavy atom. The highest BCUT2D eigenvalue weighted by molar-refractivity contribution is 5.76. The number of carbonyl (C=O) groups excluding carboxylic acids is 2. The summed E-state index contributed by atoms with van der Waals surface area (Å²) in [6.07, 6.45) is 99.1. The molecule has 0 heterocycles. The average molecular weight is 1210 g/mol. The van der Waals surface area contributed by atoms with Crippen molar-refractivity contribution in [3.05, 3.63) is 48.6 Å². The van der Waals surface area contributed by atoms with Gasteiger partial charge >= 0.3 is 5.97 Å². The lowest BCUT2D eigenvalue weighted by molar-refractivity contribution is -0.143. The zero-order valence-electron chi connectivity index (χ0n) is 58.1. The Balaban J connectivity index is 3.36. The number of carbonyl (C=O) groups is 2. The van der Waals surface area contributed by atoms with Crippen molar-refractivity contribution in [3.63, 3.8) is 0 Å². The molecule has 0 aliphatic rings. The molecule has 0 aromatic rings. The van der Waals surface area contributed by atoms with Gasteiger partial charge in [0.2, 0.25) is 5.91 Å². The zero-order chi connectivity index (χ0) is 62.0. The fraction of sp³-hybridized carbons (Fsp3) is 0.875. The van der Waals surface area contributed by atoms with Gasteiger partial charge in [-0.05, 0) is 89.9 Å². The van der Waals surface area contributed by atoms with Crippen LogP contribution in [0.3, 0.4) is 0 Å². The van der Waals surface area contributed by atoms with Crippen LogP contribution in [0.15, 0.2) is 48.6 Å². The first-order valence-electron chi connectivity index (χ1n) is 38.9. The molecule has 0 spiro atoms. The number of rotatable bonds is 73. The summed E-state index contributed by atoms with van der Waals surface area (Å²) < 4.78 is 5.49. The highest BCUT2D eigenvalue weighted by Gasteiger charge is 2.20. The second-order valence-electron chi connectivity index (χ2n) is 26.7. The van der Waals surface area contributed by atoms with Crippen LogP contribution in [0.25, 0.3) is 0 Å². The molecule has 0 saturated carbocycles. The van der Waals surface area contributed by atoms with Gasteiger partial charge < -0.3 is 20.3 Å². The van der Waals surface area contributed by atoms with Crippen LogP contribution in [-0.4, -0.2) is 47.4 Å². The van der Waals surface area contributed by atoms with Gasteiger partial charge in [-0.3, -0.25) is 9.59 Å². The molecule has 506 valence electrons. The quantitative estimate of drug-likeness (QED) is 0.0320. The lowest BCUT2D eigenvalue weighted by Crippen LogP contribution is -2.45. The molecular weight excluding hydrogens is 1050 g/mol. The Morgan fingerprint density at radius 3 is 0.907 bits per heavy atom. The SMILES string of the molecule is CCCCC/C=C\C/C=C\CCCCCCCC(=O)OCCCCCCCCCCCCCCC/C=C\C/C=C\CCCCCCCCCCCCCCCCCCCC(=O)NC(CO)C(O)CCCCCCCCCCCCCCCCCCC. The fourth-order valence-corrected chi connectivity index (χ4v) is 12.2. The number of esters is 1. The number of aliphatic hydroxyl groups excluding tert-OH is 2. The summed E-state index contributed by atoms with van der Waals surface area (Å²) in [6, 6.07) is -0.540. The van der Waals surface area contributed by atoms with E-state index in [2.05, 4.69) is 67.8 Å². The second-order valence-corrected chi connectivity index (χ2v) is 26.7. The van der Waals surface area contributed by atoms with Gasteiger partial charge in [0.05, 0.1) is 25.4 Å². The van der Waals surface area contributed by atoms with Gasteiger partial charge in [0, 0.05) is 12.8 Å². The molecule has 0 aliphatic carbocycles. The fourth-order valence-electron chi connectivity index (χ4n) is 12.2. The van der Waals surface area contributed by atoms with E-state index in [9.17, 15) is 19.8 Å². The largest absolute Gasteiger partial charge is 0.466 e. The smallest absolute Gasteiger partial charge is 0.305 e. The molecule has 0 bridgehead atoms. The standard InChI is InChI=1S/C80H151NO5/c1-3-5-7-9-11-13-15-17-19-41-45-48-52-56-60-64-68-72-78(83)77(76-82)81-79(84)73-69-65-61-57-53-49-46-42-39-37-35-33-31-29-27-25-23-21-20-22-24-26-28-30-32-34-36-38-40-43-47-51-55-59-63-67-71-75-86-80(85)74-70-66-62-58-54-50-44-18-16-14-12-10-8-6-4-2/h12,14,18,20,22,26,28,44,77-78,82-83H,3-11,13,15-17,19,21,23-25,27,29-43,45-76H2,1-2H3,(H,81,84)/b14-12-,22-20-,28-26-,44-18-. The molecular formula is C80H151NO5. The minimum atomic E-state index is -0.663. The van der Waals surface area contributed by atoms with Crippen molar-refractivity contribution in [2.75, 3.05) is 13.2 Å². The molecule has 6 nitrogen and oxygen atoms in total. The first kappa shape index (κ1) is 83.8. The second kappa shape index (κ2) is 75.3. The Hall–Kier alpha value is -2.18. The van der Waals surface area contributed by atoms with E-state index >= 15 is 0 Å². The summed E-state index contributed by atoms with van der Waals surface area (Å²) in [4.78, 5) is 24.6. The summed E-state index contributed by atoms with van der Waals surface area (Å²) in [7, 11) is 0. The van der Waals surface area contributed by atoms with Crippen molar-refractivity contribution in [1.29, 1.82) is 0 Å². The Kier molecular flexibility index (Phi) is 73.4. The highest BCUT2D eigenvalue weighted by Crippen LogP contribution is 2.19. The van der Waals surface area contributed by atoms with Crippen LogP contribution in [0.1, 0.15) is 425 Å². The minimum absolute atomic E-state index is 0.00499. The normalized spacial score (nSPS) is 12.7. The maximum absolute atomic E-state index is 12.5. The molecule has 0 rings (SSSR count). The number of unbranched alkanes of at least 4 members (excludes halogenated alkanes) is 54. The molecule has 6 heteroatoms. The summed E-state index contributed by atoms with van der Waals surface area (Å²) >= 11 is 0. The third-order valence-corrected chi connectivity index (χ3v) is 18.1. The van der Waals surface area contributed by atoms with Crippen LogP contribution in [0, 0.1) is 0 Å². The van der Waals surface area contributed by atoms with Crippen molar-refractivity contribution in [3.8, 4) is 0 Å². The molecule has 0 aliphatic heterocycles. The van der Waals surface area contributed by atoms with E-state index < -0.39 is 12.1 Å². The van der Waals surface area contributed by atoms with E-state index in [0.29, 0.717) is 25.9 Å². The van der Waals surface area contributed by atoms with Gasteiger partial charge in [-0.1, -0.05) is 371 Å². The molecule has 0 saturated heterocycles. The van der Waals surface area contributed by atoms with Crippen LogP contribution in [0.4, 0.5) is 0 Å².